The van der Waals surface area contributed by atoms with Gasteiger partial charge >= 0.3 is 0 Å². The van der Waals surface area contributed by atoms with Crippen molar-refractivity contribution in [1.82, 2.24) is 19.9 Å². The van der Waals surface area contributed by atoms with E-state index in [0.29, 0.717) is 0 Å². The summed E-state index contributed by atoms with van der Waals surface area (Å²) in [5.41, 5.74) is 26.7. The summed E-state index contributed by atoms with van der Waals surface area (Å²) in [6.45, 7) is 23.1. The lowest BCUT2D eigenvalue weighted by Crippen LogP contribution is -2.14. The van der Waals surface area contributed by atoms with Gasteiger partial charge in [-0.15, -0.1) is 0 Å². The smallest absolute Gasteiger partial charge is 0.120 e. The van der Waals surface area contributed by atoms with Crippen LogP contribution in [-0.2, 0) is 0 Å². The largest absolute Gasteiger partial charge is 0.378 e. The number of hydrogen-bond donors (Lipinski definition) is 3. The van der Waals surface area contributed by atoms with Gasteiger partial charge in [0.15, 0.2) is 0 Å². The second-order valence-electron chi connectivity index (χ2n) is 18.2. The summed E-state index contributed by atoms with van der Waals surface area (Å²) in [6, 6.07) is 30.6. The van der Waals surface area contributed by atoms with E-state index in [4.69, 9.17) is 9.97 Å². The van der Waals surface area contributed by atoms with Crippen molar-refractivity contribution in [3.63, 3.8) is 0 Å². The summed E-state index contributed by atoms with van der Waals surface area (Å²) in [5.74, 6) is 6.11. The van der Waals surface area contributed by atoms with E-state index in [1.807, 2.05) is 12.1 Å². The summed E-state index contributed by atoms with van der Waals surface area (Å²) in [5, 5.41) is 10.3. The molecule has 0 fully saturated rings. The van der Waals surface area contributed by atoms with Crippen molar-refractivity contribution < 1.29 is 5.11 Å². The molecule has 0 atom stereocenters. The third-order valence-corrected chi connectivity index (χ3v) is 12.2. The van der Waals surface area contributed by atoms with E-state index >= 15 is 0 Å². The molecule has 0 saturated carbocycles. The molecule has 0 saturated heterocycles. The van der Waals surface area contributed by atoms with Crippen LogP contribution in [0.2, 0.25) is 0 Å². The molecule has 4 aromatic carbocycles. The van der Waals surface area contributed by atoms with Crippen LogP contribution in [0.25, 0.3) is 90.9 Å². The maximum Gasteiger partial charge on any atom is 0.120 e. The molecule has 0 spiro atoms. The summed E-state index contributed by atoms with van der Waals surface area (Å²) in [7, 11) is 0. The predicted octanol–water partition coefficient (Wildman–Crippen LogP) is 14.2. The number of aromatic amines is 2. The Labute approximate surface area is 371 Å². The molecule has 63 heavy (non-hydrogen) atoms. The number of rotatable bonds is 4. The van der Waals surface area contributed by atoms with Crippen molar-refractivity contribution in [3.05, 3.63) is 163 Å². The molecule has 5 heterocycles. The number of nitrogens with one attached hydrogen (secondary N) is 2. The quantitative estimate of drug-likeness (QED) is 0.155. The van der Waals surface area contributed by atoms with Crippen LogP contribution in [0.1, 0.15) is 92.3 Å². The van der Waals surface area contributed by atoms with E-state index < -0.39 is 5.60 Å². The molecule has 9 rings (SSSR count). The number of aliphatic hydroxyl groups is 1. The van der Waals surface area contributed by atoms with Crippen LogP contribution >= 0.6 is 0 Å². The van der Waals surface area contributed by atoms with Gasteiger partial charge in [0.05, 0.1) is 22.8 Å². The zero-order valence-electron chi connectivity index (χ0n) is 38.2. The lowest BCUT2D eigenvalue weighted by molar-refractivity contribution is 0.143. The van der Waals surface area contributed by atoms with Gasteiger partial charge in [0, 0.05) is 49.9 Å². The number of H-pyrrole nitrogens is 2. The number of nitrogens with zero attached hydrogens (tertiary/aromatic N) is 2. The molecule has 312 valence electrons. The summed E-state index contributed by atoms with van der Waals surface area (Å²) < 4.78 is 0. The molecule has 5 heteroatoms. The fraction of sp³-hybridized carbons (Fsp3) is 0.207. The van der Waals surface area contributed by atoms with Gasteiger partial charge in [-0.25, -0.2) is 9.97 Å². The van der Waals surface area contributed by atoms with E-state index in [9.17, 15) is 5.11 Å². The molecular weight excluding hydrogens is 769 g/mol. The Hall–Kier alpha value is -7.00. The van der Waals surface area contributed by atoms with Gasteiger partial charge in [0.25, 0.3) is 0 Å². The number of benzene rings is 4. The van der Waals surface area contributed by atoms with Crippen LogP contribution < -0.4 is 0 Å². The topological polar surface area (TPSA) is 77.6 Å². The van der Waals surface area contributed by atoms with Crippen LogP contribution in [-0.4, -0.2) is 30.6 Å². The first-order chi connectivity index (χ1) is 30.0. The van der Waals surface area contributed by atoms with Crippen LogP contribution in [0, 0.1) is 74.2 Å². The third kappa shape index (κ3) is 7.77. The van der Waals surface area contributed by atoms with Crippen molar-refractivity contribution in [3.8, 4) is 56.3 Å². The zero-order chi connectivity index (χ0) is 44.5. The number of aryl methyl sites for hydroxylation is 9. The molecule has 0 unspecified atom stereocenters. The van der Waals surface area contributed by atoms with Gasteiger partial charge in [-0.2, -0.15) is 0 Å². The SMILES string of the molecule is Cc1cc(C)c(-c2c3nc(c(-c4c(C)cc(C)cc4C)c4ccc([nH]4)c(-c4ccc(C#CC(C)(C)O)cc4)c4ccc([nH]4)c(-c4c(C)cc(C)cc4C)c4nc2C=C4)C=C3)c(C)c1. The molecule has 3 N–H and O–H groups in total. The Morgan fingerprint density at radius 3 is 1.08 bits per heavy atom. The second kappa shape index (κ2) is 15.7. The Bertz CT molecular complexity index is 3120. The van der Waals surface area contributed by atoms with Crippen LogP contribution in [0.4, 0.5) is 0 Å². The van der Waals surface area contributed by atoms with Gasteiger partial charge in [-0.3, -0.25) is 0 Å². The molecule has 8 bridgehead atoms. The molecule has 0 aliphatic carbocycles. The maximum absolute atomic E-state index is 10.3. The fourth-order valence-electron chi connectivity index (χ4n) is 9.97. The van der Waals surface area contributed by atoms with Crippen LogP contribution in [0.15, 0.2) is 84.9 Å². The Morgan fingerprint density at radius 2 is 0.730 bits per heavy atom. The van der Waals surface area contributed by atoms with Gasteiger partial charge in [0.2, 0.25) is 0 Å². The lowest BCUT2D eigenvalue weighted by atomic mass is 9.92. The summed E-state index contributed by atoms with van der Waals surface area (Å²) in [6.07, 6.45) is 8.70. The first-order valence-electron chi connectivity index (χ1n) is 21.8. The van der Waals surface area contributed by atoms with E-state index in [0.717, 1.165) is 83.8 Å². The minimum atomic E-state index is -1.09. The molecule has 3 aromatic heterocycles. The molecule has 0 amide bonds. The van der Waals surface area contributed by atoms with Gasteiger partial charge < -0.3 is 15.1 Å². The van der Waals surface area contributed by atoms with E-state index in [1.54, 1.807) is 13.8 Å². The standard InChI is InChI=1S/C58H54N4O/c1-32-26-35(4)51(36(5)27-32)55-45-18-16-43(59-45)54(42-14-12-41(13-15-42)24-25-58(10,11)63)44-17-19-46(60-44)56(52-37(6)28-33(2)29-38(52)7)48-21-23-50(62-48)57(49-22-20-47(55)61-49)53-39(8)30-34(3)31-40(53)9/h12-23,26-31,59-60,63H,1-11H3. The van der Waals surface area contributed by atoms with E-state index in [-0.39, 0.29) is 0 Å². The summed E-state index contributed by atoms with van der Waals surface area (Å²) >= 11 is 0. The highest BCUT2D eigenvalue weighted by atomic mass is 16.3. The minimum absolute atomic E-state index is 0.833. The number of fused-ring (bicyclic) bond motifs is 8. The van der Waals surface area contributed by atoms with Crippen LogP contribution in [0.3, 0.4) is 0 Å². The molecule has 7 aromatic rings. The van der Waals surface area contributed by atoms with E-state index in [1.165, 1.54) is 61.2 Å². The maximum atomic E-state index is 10.3. The highest BCUT2D eigenvalue weighted by Crippen LogP contribution is 2.42. The Balaban J connectivity index is 1.48. The van der Waals surface area contributed by atoms with Crippen molar-refractivity contribution in [2.24, 2.45) is 0 Å². The molecular formula is C58H54N4O. The average molecular weight is 823 g/mol. The fourth-order valence-corrected chi connectivity index (χ4v) is 9.97. The minimum Gasteiger partial charge on any atom is -0.378 e. The zero-order valence-corrected chi connectivity index (χ0v) is 38.2. The second-order valence-corrected chi connectivity index (χ2v) is 18.2. The molecule has 0 radical (unpaired) electrons. The molecule has 5 nitrogen and oxygen atoms in total. The highest BCUT2D eigenvalue weighted by Gasteiger charge is 2.23. The van der Waals surface area contributed by atoms with Crippen molar-refractivity contribution in [1.29, 1.82) is 0 Å². The lowest BCUT2D eigenvalue weighted by Gasteiger charge is -2.14. The van der Waals surface area contributed by atoms with Crippen molar-refractivity contribution in [2.45, 2.75) is 81.8 Å². The molecule has 2 aliphatic heterocycles. The first-order valence-corrected chi connectivity index (χ1v) is 21.8. The normalized spacial score (nSPS) is 12.2. The third-order valence-electron chi connectivity index (χ3n) is 12.2. The van der Waals surface area contributed by atoms with E-state index in [2.05, 4.69) is 181 Å². The highest BCUT2D eigenvalue weighted by molar-refractivity contribution is 6.01. The van der Waals surface area contributed by atoms with Gasteiger partial charge in [-0.05, 0) is 192 Å². The van der Waals surface area contributed by atoms with Crippen LogP contribution in [0.5, 0.6) is 0 Å². The van der Waals surface area contributed by atoms with Gasteiger partial charge in [0.1, 0.15) is 5.60 Å². The van der Waals surface area contributed by atoms with Gasteiger partial charge in [-0.1, -0.05) is 77.1 Å². The monoisotopic (exact) mass is 822 g/mol. The Kier molecular flexibility index (Phi) is 10.3. The number of hydrogen-bond acceptors (Lipinski definition) is 3. The average Bonchev–Trinajstić information content (AvgIpc) is 4.04. The first kappa shape index (κ1) is 41.4. The predicted molar refractivity (Wildman–Crippen MR) is 266 cm³/mol. The molecule has 2 aliphatic rings. The van der Waals surface area contributed by atoms with Crippen molar-refractivity contribution in [2.75, 3.05) is 0 Å². The summed E-state index contributed by atoms with van der Waals surface area (Å²) in [4.78, 5) is 19.1. The van der Waals surface area contributed by atoms with Crippen molar-refractivity contribution >= 4 is 46.4 Å². The Morgan fingerprint density at radius 1 is 0.413 bits per heavy atom. The number of aromatic nitrogens is 4.